The van der Waals surface area contributed by atoms with Crippen molar-refractivity contribution in [1.29, 1.82) is 0 Å². The van der Waals surface area contributed by atoms with E-state index in [0.29, 0.717) is 4.99 Å². The van der Waals surface area contributed by atoms with Crippen LogP contribution in [0.3, 0.4) is 0 Å². The van der Waals surface area contributed by atoms with Crippen molar-refractivity contribution in [1.82, 2.24) is 4.90 Å². The van der Waals surface area contributed by atoms with Crippen molar-refractivity contribution in [2.45, 2.75) is 52.1 Å². The van der Waals surface area contributed by atoms with Gasteiger partial charge in [0, 0.05) is 18.2 Å². The molecule has 1 aromatic carbocycles. The Hall–Kier alpha value is -0.930. The van der Waals surface area contributed by atoms with E-state index in [1.807, 2.05) is 6.07 Å². The van der Waals surface area contributed by atoms with E-state index >= 15 is 0 Å². The van der Waals surface area contributed by atoms with Crippen molar-refractivity contribution in [3.8, 4) is 0 Å². The molecule has 3 heteroatoms. The van der Waals surface area contributed by atoms with Crippen LogP contribution in [0.4, 0.5) is 0 Å². The van der Waals surface area contributed by atoms with Crippen LogP contribution in [0.25, 0.3) is 0 Å². The predicted octanol–water partition coefficient (Wildman–Crippen LogP) is 3.64. The summed E-state index contributed by atoms with van der Waals surface area (Å²) in [4.78, 5) is 2.99. The van der Waals surface area contributed by atoms with Gasteiger partial charge in [-0.2, -0.15) is 0 Å². The second-order valence-corrected chi connectivity index (χ2v) is 6.77. The molecule has 0 saturated heterocycles. The van der Waals surface area contributed by atoms with E-state index in [-0.39, 0.29) is 0 Å². The SMILES string of the molecule is Cc1cc(C(N)=S)ccc1CN(C)C1CCC(C)CC1. The zero-order chi connectivity index (χ0) is 14.7. The highest BCUT2D eigenvalue weighted by molar-refractivity contribution is 7.80. The highest BCUT2D eigenvalue weighted by Crippen LogP contribution is 2.27. The van der Waals surface area contributed by atoms with Crippen LogP contribution >= 0.6 is 12.2 Å². The van der Waals surface area contributed by atoms with Crippen LogP contribution in [0.1, 0.15) is 49.3 Å². The van der Waals surface area contributed by atoms with E-state index in [2.05, 4.69) is 37.9 Å². The highest BCUT2D eigenvalue weighted by Gasteiger charge is 2.21. The lowest BCUT2D eigenvalue weighted by molar-refractivity contribution is 0.163. The third-order valence-corrected chi connectivity index (χ3v) is 4.89. The van der Waals surface area contributed by atoms with Gasteiger partial charge in [-0.15, -0.1) is 0 Å². The molecule has 2 nitrogen and oxygen atoms in total. The molecule has 0 amide bonds. The maximum absolute atomic E-state index is 5.68. The van der Waals surface area contributed by atoms with Gasteiger partial charge in [-0.05, 0) is 62.8 Å². The molecule has 1 saturated carbocycles. The van der Waals surface area contributed by atoms with Crippen molar-refractivity contribution >= 4 is 17.2 Å². The van der Waals surface area contributed by atoms with Gasteiger partial charge in [0.2, 0.25) is 0 Å². The molecule has 0 unspecified atom stereocenters. The summed E-state index contributed by atoms with van der Waals surface area (Å²) in [7, 11) is 2.25. The van der Waals surface area contributed by atoms with Crippen LogP contribution in [0.15, 0.2) is 18.2 Å². The lowest BCUT2D eigenvalue weighted by Gasteiger charge is -2.34. The molecule has 0 aliphatic heterocycles. The highest BCUT2D eigenvalue weighted by atomic mass is 32.1. The fraction of sp³-hybridized carbons (Fsp3) is 0.588. The summed E-state index contributed by atoms with van der Waals surface area (Å²) < 4.78 is 0. The molecule has 2 rings (SSSR count). The Morgan fingerprint density at radius 3 is 2.50 bits per heavy atom. The predicted molar refractivity (Wildman–Crippen MR) is 90.0 cm³/mol. The van der Waals surface area contributed by atoms with E-state index in [9.17, 15) is 0 Å². The van der Waals surface area contributed by atoms with E-state index in [1.54, 1.807) is 0 Å². The molecule has 1 fully saturated rings. The summed E-state index contributed by atoms with van der Waals surface area (Å²) in [5.41, 5.74) is 9.32. The van der Waals surface area contributed by atoms with Gasteiger partial charge in [0.1, 0.15) is 4.99 Å². The molecule has 1 aromatic rings. The van der Waals surface area contributed by atoms with Gasteiger partial charge < -0.3 is 5.73 Å². The van der Waals surface area contributed by atoms with Gasteiger partial charge in [0.25, 0.3) is 0 Å². The quantitative estimate of drug-likeness (QED) is 0.859. The Labute approximate surface area is 128 Å². The minimum atomic E-state index is 0.481. The van der Waals surface area contributed by atoms with E-state index in [1.165, 1.54) is 36.8 Å². The Morgan fingerprint density at radius 1 is 1.30 bits per heavy atom. The number of rotatable bonds is 4. The van der Waals surface area contributed by atoms with Gasteiger partial charge in [0.15, 0.2) is 0 Å². The van der Waals surface area contributed by atoms with Gasteiger partial charge in [-0.1, -0.05) is 31.3 Å². The average Bonchev–Trinajstić information content (AvgIpc) is 2.41. The van der Waals surface area contributed by atoms with Crippen molar-refractivity contribution in [2.75, 3.05) is 7.05 Å². The zero-order valence-electron chi connectivity index (χ0n) is 12.9. The van der Waals surface area contributed by atoms with Gasteiger partial charge in [0.05, 0.1) is 0 Å². The molecular formula is C17H26N2S. The molecule has 1 aliphatic carbocycles. The van der Waals surface area contributed by atoms with Gasteiger partial charge >= 0.3 is 0 Å². The number of thiocarbonyl (C=S) groups is 1. The average molecular weight is 290 g/mol. The first kappa shape index (κ1) is 15.5. The number of nitrogens with zero attached hydrogens (tertiary/aromatic N) is 1. The summed E-state index contributed by atoms with van der Waals surface area (Å²) in [6.07, 6.45) is 5.41. The maximum atomic E-state index is 5.68. The summed E-state index contributed by atoms with van der Waals surface area (Å²) in [5, 5.41) is 0. The molecule has 110 valence electrons. The molecule has 2 N–H and O–H groups in total. The normalized spacial score (nSPS) is 23.0. The van der Waals surface area contributed by atoms with Gasteiger partial charge in [-0.25, -0.2) is 0 Å². The zero-order valence-corrected chi connectivity index (χ0v) is 13.7. The molecule has 20 heavy (non-hydrogen) atoms. The maximum Gasteiger partial charge on any atom is 0.103 e. The minimum absolute atomic E-state index is 0.481. The summed E-state index contributed by atoms with van der Waals surface area (Å²) >= 11 is 5.03. The Morgan fingerprint density at radius 2 is 1.95 bits per heavy atom. The van der Waals surface area contributed by atoms with Crippen LogP contribution in [0.5, 0.6) is 0 Å². The molecule has 0 heterocycles. The third kappa shape index (κ3) is 3.80. The fourth-order valence-corrected chi connectivity index (χ4v) is 3.23. The molecule has 0 atom stereocenters. The monoisotopic (exact) mass is 290 g/mol. The second kappa shape index (κ2) is 6.68. The van der Waals surface area contributed by atoms with Crippen LogP contribution < -0.4 is 5.73 Å². The molecule has 0 bridgehead atoms. The number of hydrogen-bond acceptors (Lipinski definition) is 2. The first-order chi connectivity index (χ1) is 9.47. The first-order valence-electron chi connectivity index (χ1n) is 7.57. The number of aryl methyl sites for hydroxylation is 1. The van der Waals surface area contributed by atoms with Crippen molar-refractivity contribution in [2.24, 2.45) is 11.7 Å². The van der Waals surface area contributed by atoms with E-state index < -0.39 is 0 Å². The lowest BCUT2D eigenvalue weighted by Crippen LogP contribution is -2.34. The second-order valence-electron chi connectivity index (χ2n) is 6.33. The fourth-order valence-electron chi connectivity index (χ4n) is 3.11. The van der Waals surface area contributed by atoms with Crippen LogP contribution in [0.2, 0.25) is 0 Å². The molecule has 1 aliphatic rings. The van der Waals surface area contributed by atoms with E-state index in [0.717, 1.165) is 24.1 Å². The summed E-state index contributed by atoms with van der Waals surface area (Å²) in [6, 6.07) is 7.06. The Balaban J connectivity index is 2.00. The largest absolute Gasteiger partial charge is 0.389 e. The van der Waals surface area contributed by atoms with Crippen LogP contribution in [-0.2, 0) is 6.54 Å². The Bertz CT molecular complexity index is 476. The molecular weight excluding hydrogens is 264 g/mol. The first-order valence-corrected chi connectivity index (χ1v) is 7.97. The lowest BCUT2D eigenvalue weighted by atomic mass is 9.86. The van der Waals surface area contributed by atoms with E-state index in [4.69, 9.17) is 18.0 Å². The number of benzene rings is 1. The number of nitrogens with two attached hydrogens (primary N) is 1. The topological polar surface area (TPSA) is 29.3 Å². The smallest absolute Gasteiger partial charge is 0.103 e. The Kier molecular flexibility index (Phi) is 5.17. The minimum Gasteiger partial charge on any atom is -0.389 e. The molecule has 0 radical (unpaired) electrons. The molecule has 0 aromatic heterocycles. The van der Waals surface area contributed by atoms with Crippen LogP contribution in [0, 0.1) is 12.8 Å². The van der Waals surface area contributed by atoms with Crippen molar-refractivity contribution < 1.29 is 0 Å². The summed E-state index contributed by atoms with van der Waals surface area (Å²) in [5.74, 6) is 0.909. The number of hydrogen-bond donors (Lipinski definition) is 1. The van der Waals surface area contributed by atoms with Gasteiger partial charge in [-0.3, -0.25) is 4.90 Å². The summed E-state index contributed by atoms with van der Waals surface area (Å²) in [6.45, 7) is 5.53. The van der Waals surface area contributed by atoms with Crippen molar-refractivity contribution in [3.05, 3.63) is 34.9 Å². The van der Waals surface area contributed by atoms with Crippen molar-refractivity contribution in [3.63, 3.8) is 0 Å². The molecule has 0 spiro atoms. The third-order valence-electron chi connectivity index (χ3n) is 4.66. The van der Waals surface area contributed by atoms with Crippen LogP contribution in [-0.4, -0.2) is 23.0 Å². The standard InChI is InChI=1S/C17H26N2S/c1-12-4-8-16(9-5-12)19(3)11-15-7-6-14(17(18)20)10-13(15)2/h6-7,10,12,16H,4-5,8-9,11H2,1-3H3,(H2,18,20).